The molecule has 1 aromatic carbocycles. The Kier molecular flexibility index (Phi) is 6.32. The van der Waals surface area contributed by atoms with Crippen LogP contribution in [-0.2, 0) is 10.0 Å². The zero-order valence-electron chi connectivity index (χ0n) is 10.8. The fraction of sp³-hybridized carbons (Fsp3) is 0.538. The summed E-state index contributed by atoms with van der Waals surface area (Å²) >= 11 is 3.56. The molecule has 1 unspecified atom stereocenters. The Balaban J connectivity index is 2.63. The average molecular weight is 334 g/mol. The number of benzene rings is 1. The van der Waals surface area contributed by atoms with E-state index < -0.39 is 10.0 Å². The number of hydrogen-bond donors (Lipinski definition) is 1. The van der Waals surface area contributed by atoms with Crippen LogP contribution in [-0.4, -0.2) is 19.8 Å². The number of hydrogen-bond acceptors (Lipinski definition) is 2. The van der Waals surface area contributed by atoms with Gasteiger partial charge in [0.25, 0.3) is 0 Å². The van der Waals surface area contributed by atoms with Gasteiger partial charge in [-0.2, -0.15) is 0 Å². The molecular weight excluding hydrogens is 314 g/mol. The van der Waals surface area contributed by atoms with Crippen molar-refractivity contribution in [2.75, 3.05) is 6.54 Å². The molecule has 1 atom stereocenters. The number of halogens is 1. The molecule has 0 radical (unpaired) electrons. The van der Waals surface area contributed by atoms with E-state index in [1.165, 1.54) is 0 Å². The highest BCUT2D eigenvalue weighted by Gasteiger charge is 2.19. The van der Waals surface area contributed by atoms with Crippen molar-refractivity contribution in [3.05, 3.63) is 30.3 Å². The molecule has 0 spiro atoms. The van der Waals surface area contributed by atoms with Gasteiger partial charge in [0.05, 0.1) is 4.90 Å². The molecule has 18 heavy (non-hydrogen) atoms. The van der Waals surface area contributed by atoms with Gasteiger partial charge in [-0.3, -0.25) is 0 Å². The van der Waals surface area contributed by atoms with Crippen LogP contribution in [0.4, 0.5) is 0 Å². The molecule has 0 aliphatic rings. The summed E-state index contributed by atoms with van der Waals surface area (Å²) < 4.78 is 26.7. The molecule has 5 heteroatoms. The highest BCUT2D eigenvalue weighted by Crippen LogP contribution is 2.20. The zero-order valence-corrected chi connectivity index (χ0v) is 13.2. The number of sulfonamides is 1. The Morgan fingerprint density at radius 2 is 1.72 bits per heavy atom. The van der Waals surface area contributed by atoms with E-state index in [4.69, 9.17) is 0 Å². The van der Waals surface area contributed by atoms with Crippen LogP contribution in [0.3, 0.4) is 0 Å². The fourth-order valence-electron chi connectivity index (χ4n) is 1.84. The highest BCUT2D eigenvalue weighted by molar-refractivity contribution is 9.09. The van der Waals surface area contributed by atoms with E-state index in [1.54, 1.807) is 30.3 Å². The Hall–Kier alpha value is -0.390. The maximum absolute atomic E-state index is 12.0. The molecule has 0 saturated carbocycles. The predicted octanol–water partition coefficient (Wildman–Crippen LogP) is 3.16. The van der Waals surface area contributed by atoms with Crippen LogP contribution in [0.5, 0.6) is 0 Å². The Morgan fingerprint density at radius 1 is 1.17 bits per heavy atom. The third-order valence-electron chi connectivity index (χ3n) is 3.08. The smallest absolute Gasteiger partial charge is 0.210 e. The first-order chi connectivity index (χ1) is 8.51. The van der Waals surface area contributed by atoms with Gasteiger partial charge in [-0.05, 0) is 18.1 Å². The molecule has 0 saturated heterocycles. The van der Waals surface area contributed by atoms with E-state index in [1.807, 2.05) is 0 Å². The lowest BCUT2D eigenvalue weighted by Gasteiger charge is -2.19. The van der Waals surface area contributed by atoms with Crippen LogP contribution in [0.25, 0.3) is 0 Å². The van der Waals surface area contributed by atoms with Crippen LogP contribution < -0.4 is 4.72 Å². The summed E-state index contributed by atoms with van der Waals surface area (Å²) in [4.78, 5) is 0.486. The first-order valence-electron chi connectivity index (χ1n) is 6.20. The lowest BCUT2D eigenvalue weighted by atomic mass is 10.00. The molecule has 0 aliphatic carbocycles. The van der Waals surface area contributed by atoms with Crippen LogP contribution in [0, 0.1) is 5.92 Å². The van der Waals surface area contributed by atoms with Crippen molar-refractivity contribution in [2.45, 2.75) is 36.4 Å². The van der Waals surface area contributed by atoms with E-state index in [0.717, 1.165) is 12.8 Å². The van der Waals surface area contributed by atoms with Gasteiger partial charge < -0.3 is 0 Å². The molecule has 0 heterocycles. The quantitative estimate of drug-likeness (QED) is 0.779. The van der Waals surface area contributed by atoms with Crippen molar-refractivity contribution in [3.8, 4) is 0 Å². The largest absolute Gasteiger partial charge is 0.240 e. The Morgan fingerprint density at radius 3 is 2.22 bits per heavy atom. The summed E-state index contributed by atoms with van der Waals surface area (Å²) in [5.41, 5.74) is 0. The van der Waals surface area contributed by atoms with Gasteiger partial charge in [0.2, 0.25) is 10.0 Å². The second kappa shape index (κ2) is 7.26. The molecule has 0 amide bonds. The molecule has 1 N–H and O–H groups in total. The normalized spacial score (nSPS) is 13.8. The third-order valence-corrected chi connectivity index (χ3v) is 5.59. The van der Waals surface area contributed by atoms with Crippen LogP contribution >= 0.6 is 15.9 Å². The van der Waals surface area contributed by atoms with E-state index in [2.05, 4.69) is 34.5 Å². The van der Waals surface area contributed by atoms with Gasteiger partial charge in [0.1, 0.15) is 0 Å². The van der Waals surface area contributed by atoms with E-state index in [0.29, 0.717) is 17.4 Å². The topological polar surface area (TPSA) is 46.2 Å². The first-order valence-corrected chi connectivity index (χ1v) is 8.60. The molecular formula is C13H20BrNO2S. The van der Waals surface area contributed by atoms with Crippen molar-refractivity contribution in [1.82, 2.24) is 4.72 Å². The minimum Gasteiger partial charge on any atom is -0.210 e. The maximum Gasteiger partial charge on any atom is 0.240 e. The van der Waals surface area contributed by atoms with Crippen molar-refractivity contribution in [2.24, 2.45) is 5.92 Å². The molecule has 1 aromatic rings. The molecule has 0 aliphatic heterocycles. The molecule has 102 valence electrons. The van der Waals surface area contributed by atoms with Crippen LogP contribution in [0.15, 0.2) is 35.2 Å². The molecule has 0 bridgehead atoms. The Labute approximate surface area is 118 Å². The monoisotopic (exact) mass is 333 g/mol. The van der Waals surface area contributed by atoms with Crippen LogP contribution in [0.1, 0.15) is 26.7 Å². The zero-order chi connectivity index (χ0) is 13.6. The standard InChI is InChI=1S/C13H20BrNO2S/c1-3-11(4-2)13(14)10-15-18(16,17)12-8-6-5-7-9-12/h5-9,11,13,15H,3-4,10H2,1-2H3. The minimum absolute atomic E-state index is 0.172. The fourth-order valence-corrected chi connectivity index (χ4v) is 4.04. The highest BCUT2D eigenvalue weighted by atomic mass is 79.9. The van der Waals surface area contributed by atoms with Gasteiger partial charge in [-0.15, -0.1) is 0 Å². The van der Waals surface area contributed by atoms with Gasteiger partial charge in [0, 0.05) is 11.4 Å². The second-order valence-corrected chi connectivity index (χ2v) is 7.20. The van der Waals surface area contributed by atoms with Crippen molar-refractivity contribution >= 4 is 26.0 Å². The number of nitrogens with one attached hydrogen (secondary N) is 1. The molecule has 0 fully saturated rings. The van der Waals surface area contributed by atoms with Gasteiger partial charge in [-0.25, -0.2) is 13.1 Å². The summed E-state index contributed by atoms with van der Waals surface area (Å²) in [6.45, 7) is 4.66. The molecule has 0 aromatic heterocycles. The molecule has 3 nitrogen and oxygen atoms in total. The van der Waals surface area contributed by atoms with Gasteiger partial charge >= 0.3 is 0 Å². The first kappa shape index (κ1) is 15.7. The predicted molar refractivity (Wildman–Crippen MR) is 78.4 cm³/mol. The average Bonchev–Trinajstić information content (AvgIpc) is 2.39. The number of rotatable bonds is 7. The molecule has 1 rings (SSSR count). The van der Waals surface area contributed by atoms with Crippen molar-refractivity contribution < 1.29 is 8.42 Å². The second-order valence-electron chi connectivity index (χ2n) is 4.26. The summed E-state index contributed by atoms with van der Waals surface area (Å²) in [6.07, 6.45) is 2.08. The summed E-state index contributed by atoms with van der Waals surface area (Å²) in [6, 6.07) is 8.45. The lowest BCUT2D eigenvalue weighted by Crippen LogP contribution is -2.32. The Bertz CT molecular complexity index is 443. The number of alkyl halides is 1. The summed E-state index contributed by atoms with van der Waals surface area (Å²) in [5.74, 6) is 0.489. The van der Waals surface area contributed by atoms with Crippen molar-refractivity contribution in [1.29, 1.82) is 0 Å². The summed E-state index contributed by atoms with van der Waals surface area (Å²) in [5, 5.41) is 0. The lowest BCUT2D eigenvalue weighted by molar-refractivity contribution is 0.471. The minimum atomic E-state index is -3.39. The van der Waals surface area contributed by atoms with E-state index in [9.17, 15) is 8.42 Å². The SMILES string of the molecule is CCC(CC)C(Br)CNS(=O)(=O)c1ccccc1. The van der Waals surface area contributed by atoms with Gasteiger partial charge in [-0.1, -0.05) is 60.8 Å². The maximum atomic E-state index is 12.0. The third kappa shape index (κ3) is 4.37. The van der Waals surface area contributed by atoms with Crippen molar-refractivity contribution in [3.63, 3.8) is 0 Å². The van der Waals surface area contributed by atoms with E-state index in [-0.39, 0.29) is 4.83 Å². The summed E-state index contributed by atoms with van der Waals surface area (Å²) in [7, 11) is -3.39. The van der Waals surface area contributed by atoms with E-state index >= 15 is 0 Å². The van der Waals surface area contributed by atoms with Gasteiger partial charge in [0.15, 0.2) is 0 Å². The van der Waals surface area contributed by atoms with Crippen LogP contribution in [0.2, 0.25) is 0 Å².